The molecule has 2 aliphatic rings. The van der Waals surface area contributed by atoms with Gasteiger partial charge in [-0.1, -0.05) is 44.5 Å². The Morgan fingerprint density at radius 1 is 1.29 bits per heavy atom. The van der Waals surface area contributed by atoms with Crippen molar-refractivity contribution in [3.8, 4) is 0 Å². The number of carbonyl (C=O) groups excluding carboxylic acids is 1. The Morgan fingerprint density at radius 2 is 1.86 bits per heavy atom. The molecule has 1 N–H and O–H groups in total. The molecule has 1 aliphatic carbocycles. The van der Waals surface area contributed by atoms with Crippen molar-refractivity contribution < 1.29 is 4.79 Å². The summed E-state index contributed by atoms with van der Waals surface area (Å²) in [6.45, 7) is 8.69. The van der Waals surface area contributed by atoms with E-state index in [1.807, 2.05) is 29.2 Å². The largest absolute Gasteiger partial charge is 0.318 e. The molecule has 1 saturated carbocycles. The summed E-state index contributed by atoms with van der Waals surface area (Å²) in [5.74, 6) is 0.255. The molecule has 0 bridgehead atoms. The number of nitrogens with one attached hydrogen (secondary N) is 1. The van der Waals surface area contributed by atoms with Gasteiger partial charge in [0.2, 0.25) is 5.91 Å². The summed E-state index contributed by atoms with van der Waals surface area (Å²) in [7, 11) is 0. The van der Waals surface area contributed by atoms with Crippen molar-refractivity contribution in [3.05, 3.63) is 34.9 Å². The molecule has 0 radical (unpaired) electrons. The van der Waals surface area contributed by atoms with Crippen LogP contribution in [0.5, 0.6) is 0 Å². The first-order valence-electron chi connectivity index (χ1n) is 7.60. The van der Waals surface area contributed by atoms with Crippen molar-refractivity contribution in [2.24, 2.45) is 5.41 Å². The molecular weight excluding hydrogens is 284 g/mol. The monoisotopic (exact) mass is 306 g/mol. The van der Waals surface area contributed by atoms with Crippen LogP contribution in [0.15, 0.2) is 24.3 Å². The van der Waals surface area contributed by atoms with Gasteiger partial charge >= 0.3 is 0 Å². The molecule has 1 spiro atoms. The van der Waals surface area contributed by atoms with Crippen LogP contribution in [0.3, 0.4) is 0 Å². The minimum Gasteiger partial charge on any atom is -0.318 e. The molecule has 2 unspecified atom stereocenters. The second kappa shape index (κ2) is 4.72. The molecular formula is C17H23ClN2O. The zero-order valence-electron chi connectivity index (χ0n) is 13.1. The highest BCUT2D eigenvalue weighted by atomic mass is 35.5. The Balaban J connectivity index is 1.97. The third kappa shape index (κ3) is 2.47. The van der Waals surface area contributed by atoms with E-state index in [4.69, 9.17) is 11.6 Å². The lowest BCUT2D eigenvalue weighted by Gasteiger charge is -2.38. The molecule has 1 aromatic rings. The predicted octanol–water partition coefficient (Wildman–Crippen LogP) is 3.74. The quantitative estimate of drug-likeness (QED) is 0.903. The van der Waals surface area contributed by atoms with Gasteiger partial charge in [0.25, 0.3) is 0 Å². The summed E-state index contributed by atoms with van der Waals surface area (Å²) in [4.78, 5) is 14.9. The molecule has 21 heavy (non-hydrogen) atoms. The Kier molecular flexibility index (Phi) is 3.34. The normalized spacial score (nSPS) is 25.5. The van der Waals surface area contributed by atoms with Crippen LogP contribution in [0, 0.1) is 5.41 Å². The van der Waals surface area contributed by atoms with Crippen molar-refractivity contribution in [1.82, 2.24) is 10.2 Å². The first-order chi connectivity index (χ1) is 9.74. The van der Waals surface area contributed by atoms with Crippen molar-refractivity contribution in [2.45, 2.75) is 58.3 Å². The van der Waals surface area contributed by atoms with E-state index in [9.17, 15) is 4.79 Å². The molecule has 4 heteroatoms. The summed E-state index contributed by atoms with van der Waals surface area (Å²) in [6.07, 6.45) is 1.85. The highest BCUT2D eigenvalue weighted by Gasteiger charge is 2.60. The highest BCUT2D eigenvalue weighted by Crippen LogP contribution is 2.48. The number of hydrogen-bond acceptors (Lipinski definition) is 2. The molecule has 1 amide bonds. The molecule has 2 atom stereocenters. The number of nitrogens with zero attached hydrogens (tertiary/aromatic N) is 1. The van der Waals surface area contributed by atoms with Gasteiger partial charge in [-0.3, -0.25) is 10.1 Å². The highest BCUT2D eigenvalue weighted by molar-refractivity contribution is 6.30. The van der Waals surface area contributed by atoms with E-state index in [0.29, 0.717) is 0 Å². The van der Waals surface area contributed by atoms with Crippen LogP contribution in [0.2, 0.25) is 5.02 Å². The van der Waals surface area contributed by atoms with Gasteiger partial charge in [0, 0.05) is 11.1 Å². The predicted molar refractivity (Wildman–Crippen MR) is 85.1 cm³/mol. The molecule has 1 aromatic carbocycles. The first kappa shape index (κ1) is 14.9. The van der Waals surface area contributed by atoms with Gasteiger partial charge in [0.15, 0.2) is 0 Å². The van der Waals surface area contributed by atoms with Crippen molar-refractivity contribution >= 4 is 17.5 Å². The Bertz CT molecular complexity index is 557. The second-order valence-corrected chi connectivity index (χ2v) is 7.87. The Morgan fingerprint density at radius 3 is 2.33 bits per heavy atom. The van der Waals surface area contributed by atoms with Crippen molar-refractivity contribution in [1.29, 1.82) is 0 Å². The van der Waals surface area contributed by atoms with Crippen LogP contribution < -0.4 is 5.32 Å². The lowest BCUT2D eigenvalue weighted by molar-refractivity contribution is -0.135. The van der Waals surface area contributed by atoms with E-state index in [0.717, 1.165) is 23.4 Å². The minimum absolute atomic E-state index is 0.0441. The van der Waals surface area contributed by atoms with Crippen molar-refractivity contribution in [3.63, 3.8) is 0 Å². The topological polar surface area (TPSA) is 32.3 Å². The van der Waals surface area contributed by atoms with E-state index in [2.05, 4.69) is 33.0 Å². The molecule has 1 aliphatic heterocycles. The molecule has 3 rings (SSSR count). The van der Waals surface area contributed by atoms with Gasteiger partial charge in [0.1, 0.15) is 11.7 Å². The van der Waals surface area contributed by atoms with E-state index >= 15 is 0 Å². The zero-order chi connectivity index (χ0) is 15.4. The summed E-state index contributed by atoms with van der Waals surface area (Å²) < 4.78 is 0. The first-order valence-corrected chi connectivity index (χ1v) is 7.98. The zero-order valence-corrected chi connectivity index (χ0v) is 13.9. The van der Waals surface area contributed by atoms with E-state index in [-0.39, 0.29) is 29.1 Å². The second-order valence-electron chi connectivity index (χ2n) is 7.43. The number of rotatable bonds is 2. The number of amides is 1. The Labute approximate surface area is 131 Å². The van der Waals surface area contributed by atoms with Gasteiger partial charge in [-0.25, -0.2) is 0 Å². The van der Waals surface area contributed by atoms with Gasteiger partial charge in [-0.15, -0.1) is 0 Å². The summed E-state index contributed by atoms with van der Waals surface area (Å²) in [6, 6.07) is 7.97. The Hall–Kier alpha value is -1.06. The molecule has 1 saturated heterocycles. The average molecular weight is 307 g/mol. The van der Waals surface area contributed by atoms with Crippen LogP contribution in [0.25, 0.3) is 0 Å². The van der Waals surface area contributed by atoms with Crippen LogP contribution in [-0.2, 0) is 4.79 Å². The maximum Gasteiger partial charge on any atom is 0.244 e. The molecule has 114 valence electrons. The molecule has 3 nitrogen and oxygen atoms in total. The summed E-state index contributed by atoms with van der Waals surface area (Å²) in [5.41, 5.74) is 0.847. The molecule has 1 heterocycles. The smallest absolute Gasteiger partial charge is 0.244 e. The number of halogens is 1. The fraction of sp³-hybridized carbons (Fsp3) is 0.588. The van der Waals surface area contributed by atoms with Crippen LogP contribution in [0.1, 0.15) is 52.3 Å². The lowest BCUT2D eigenvalue weighted by atomic mass is 9.86. The van der Waals surface area contributed by atoms with Gasteiger partial charge in [0.05, 0.1) is 0 Å². The fourth-order valence-electron chi connectivity index (χ4n) is 2.95. The minimum atomic E-state index is -0.302. The number of benzene rings is 1. The third-order valence-electron chi connectivity index (χ3n) is 4.94. The summed E-state index contributed by atoms with van der Waals surface area (Å²) in [5, 5.41) is 4.29. The lowest BCUT2D eigenvalue weighted by Crippen LogP contribution is -2.45. The van der Waals surface area contributed by atoms with Crippen molar-refractivity contribution in [2.75, 3.05) is 0 Å². The van der Waals surface area contributed by atoms with Crippen LogP contribution in [0.4, 0.5) is 0 Å². The van der Waals surface area contributed by atoms with E-state index < -0.39 is 0 Å². The maximum atomic E-state index is 12.9. The van der Waals surface area contributed by atoms with Crippen LogP contribution in [-0.4, -0.2) is 22.4 Å². The van der Waals surface area contributed by atoms with Gasteiger partial charge in [-0.05, 0) is 42.9 Å². The standard InChI is InChI=1S/C17H23ClN2O/c1-11(16(2,3)4)20-14(12-5-7-13(18)8-6-12)19-17(9-10-17)15(20)21/h5-8,11,14,19H,9-10H2,1-4H3. The maximum absolute atomic E-state index is 12.9. The summed E-state index contributed by atoms with van der Waals surface area (Å²) >= 11 is 5.99. The number of carbonyl (C=O) groups is 1. The van der Waals surface area contributed by atoms with Gasteiger partial charge < -0.3 is 4.90 Å². The van der Waals surface area contributed by atoms with E-state index in [1.54, 1.807) is 0 Å². The number of hydrogen-bond donors (Lipinski definition) is 1. The van der Waals surface area contributed by atoms with Crippen LogP contribution >= 0.6 is 11.6 Å². The average Bonchev–Trinajstić information content (AvgIpc) is 3.12. The fourth-order valence-corrected chi connectivity index (χ4v) is 3.07. The van der Waals surface area contributed by atoms with Gasteiger partial charge in [-0.2, -0.15) is 0 Å². The molecule has 2 fully saturated rings. The third-order valence-corrected chi connectivity index (χ3v) is 5.19. The van der Waals surface area contributed by atoms with E-state index in [1.165, 1.54) is 0 Å². The molecule has 0 aromatic heterocycles. The SMILES string of the molecule is CC(N1C(=O)C2(CC2)NC1c1ccc(Cl)cc1)C(C)(C)C.